The maximum absolute atomic E-state index is 5.90. The van der Waals surface area contributed by atoms with Gasteiger partial charge in [0.05, 0.1) is 17.5 Å². The third kappa shape index (κ3) is 1.68. The van der Waals surface area contributed by atoms with Crippen LogP contribution in [0.25, 0.3) is 0 Å². The Balaban J connectivity index is 2.13. The van der Waals surface area contributed by atoms with Crippen molar-refractivity contribution in [3.63, 3.8) is 0 Å². The molecule has 1 fully saturated rings. The third-order valence-corrected chi connectivity index (χ3v) is 2.76. The van der Waals surface area contributed by atoms with E-state index in [-0.39, 0.29) is 0 Å². The lowest BCUT2D eigenvalue weighted by Gasteiger charge is -2.19. The molecule has 0 spiro atoms. The first-order valence-corrected chi connectivity index (χ1v) is 4.93. The van der Waals surface area contributed by atoms with E-state index < -0.39 is 0 Å². The van der Waals surface area contributed by atoms with Crippen LogP contribution in [0.4, 0.5) is 11.4 Å². The van der Waals surface area contributed by atoms with Crippen molar-refractivity contribution in [2.45, 2.75) is 12.5 Å². The summed E-state index contributed by atoms with van der Waals surface area (Å²) in [6.07, 6.45) is 1.44. The van der Waals surface area contributed by atoms with E-state index in [9.17, 15) is 0 Å². The molecule has 1 heterocycles. The van der Waals surface area contributed by atoms with Crippen LogP contribution in [0.15, 0.2) is 24.3 Å². The van der Waals surface area contributed by atoms with Gasteiger partial charge in [-0.2, -0.15) is 0 Å². The normalized spacial score (nSPS) is 21.5. The van der Waals surface area contributed by atoms with Crippen molar-refractivity contribution in [1.29, 1.82) is 0 Å². The molecule has 0 bridgehead atoms. The van der Waals surface area contributed by atoms with Crippen LogP contribution in [0.5, 0.6) is 0 Å². The molecule has 2 rings (SSSR count). The highest BCUT2D eigenvalue weighted by Gasteiger charge is 2.22. The van der Waals surface area contributed by atoms with Gasteiger partial charge in [0.2, 0.25) is 0 Å². The Morgan fingerprint density at radius 1 is 1.43 bits per heavy atom. The van der Waals surface area contributed by atoms with Gasteiger partial charge in [0.15, 0.2) is 0 Å². The van der Waals surface area contributed by atoms with Crippen molar-refractivity contribution in [2.24, 2.45) is 0 Å². The van der Waals surface area contributed by atoms with E-state index in [1.54, 1.807) is 7.11 Å². The second-order valence-corrected chi connectivity index (χ2v) is 3.65. The number of nitrogens with two attached hydrogens (primary N) is 1. The van der Waals surface area contributed by atoms with Crippen LogP contribution in [-0.4, -0.2) is 26.3 Å². The molecule has 0 radical (unpaired) electrons. The topological polar surface area (TPSA) is 38.5 Å². The SMILES string of the molecule is CO[C@H]1CCN(c2ccccc2N)C1. The summed E-state index contributed by atoms with van der Waals surface area (Å²) in [6, 6.07) is 7.98. The molecule has 0 saturated carbocycles. The number of nitrogen functional groups attached to an aromatic ring is 1. The minimum Gasteiger partial charge on any atom is -0.397 e. The third-order valence-electron chi connectivity index (χ3n) is 2.76. The van der Waals surface area contributed by atoms with Gasteiger partial charge in [-0.3, -0.25) is 0 Å². The molecule has 1 aliphatic rings. The maximum atomic E-state index is 5.90. The van der Waals surface area contributed by atoms with Gasteiger partial charge in [0, 0.05) is 20.2 Å². The lowest BCUT2D eigenvalue weighted by molar-refractivity contribution is 0.121. The Morgan fingerprint density at radius 2 is 2.21 bits per heavy atom. The fourth-order valence-corrected chi connectivity index (χ4v) is 1.91. The number of hydrogen-bond acceptors (Lipinski definition) is 3. The summed E-state index contributed by atoms with van der Waals surface area (Å²) in [4.78, 5) is 2.28. The Morgan fingerprint density at radius 3 is 2.86 bits per heavy atom. The zero-order chi connectivity index (χ0) is 9.97. The van der Waals surface area contributed by atoms with Gasteiger partial charge in [0.25, 0.3) is 0 Å². The monoisotopic (exact) mass is 192 g/mol. The first kappa shape index (κ1) is 9.34. The standard InChI is InChI=1S/C11H16N2O/c1-14-9-6-7-13(8-9)11-5-3-2-4-10(11)12/h2-5,9H,6-8,12H2,1H3/t9-/m0/s1. The molecule has 1 saturated heterocycles. The van der Waals surface area contributed by atoms with E-state index in [1.807, 2.05) is 18.2 Å². The molecule has 3 heteroatoms. The van der Waals surface area contributed by atoms with Gasteiger partial charge in [-0.1, -0.05) is 12.1 Å². The van der Waals surface area contributed by atoms with Crippen molar-refractivity contribution in [2.75, 3.05) is 30.8 Å². The van der Waals surface area contributed by atoms with E-state index >= 15 is 0 Å². The molecule has 0 amide bonds. The van der Waals surface area contributed by atoms with Crippen LogP contribution in [0.2, 0.25) is 0 Å². The molecule has 0 aliphatic carbocycles. The molecule has 14 heavy (non-hydrogen) atoms. The summed E-state index contributed by atoms with van der Waals surface area (Å²) >= 11 is 0. The summed E-state index contributed by atoms with van der Waals surface area (Å²) in [6.45, 7) is 1.98. The average Bonchev–Trinajstić information content (AvgIpc) is 2.67. The lowest BCUT2D eigenvalue weighted by Crippen LogP contribution is -2.22. The fraction of sp³-hybridized carbons (Fsp3) is 0.455. The molecule has 1 aromatic rings. The van der Waals surface area contributed by atoms with Crippen molar-refractivity contribution in [3.05, 3.63) is 24.3 Å². The van der Waals surface area contributed by atoms with Crippen LogP contribution >= 0.6 is 0 Å². The van der Waals surface area contributed by atoms with E-state index in [2.05, 4.69) is 11.0 Å². The zero-order valence-electron chi connectivity index (χ0n) is 8.44. The molecule has 0 aromatic heterocycles. The summed E-state index contributed by atoms with van der Waals surface area (Å²) in [5, 5.41) is 0. The molecule has 76 valence electrons. The largest absolute Gasteiger partial charge is 0.397 e. The highest BCUT2D eigenvalue weighted by Crippen LogP contribution is 2.26. The Hall–Kier alpha value is -1.22. The number of hydrogen-bond donors (Lipinski definition) is 1. The van der Waals surface area contributed by atoms with Crippen molar-refractivity contribution >= 4 is 11.4 Å². The summed E-state index contributed by atoms with van der Waals surface area (Å²) < 4.78 is 5.32. The van der Waals surface area contributed by atoms with Gasteiger partial charge in [0.1, 0.15) is 0 Å². The van der Waals surface area contributed by atoms with Crippen LogP contribution < -0.4 is 10.6 Å². The minimum atomic E-state index is 0.356. The minimum absolute atomic E-state index is 0.356. The Labute approximate surface area is 84.5 Å². The van der Waals surface area contributed by atoms with Gasteiger partial charge >= 0.3 is 0 Å². The van der Waals surface area contributed by atoms with E-state index in [0.29, 0.717) is 6.10 Å². The van der Waals surface area contributed by atoms with Crippen molar-refractivity contribution < 1.29 is 4.74 Å². The molecule has 1 aliphatic heterocycles. The summed E-state index contributed by atoms with van der Waals surface area (Å²) in [5.41, 5.74) is 7.89. The van der Waals surface area contributed by atoms with Crippen LogP contribution in [0.1, 0.15) is 6.42 Å². The first-order chi connectivity index (χ1) is 6.81. The summed E-state index contributed by atoms with van der Waals surface area (Å²) in [7, 11) is 1.77. The van der Waals surface area contributed by atoms with Crippen molar-refractivity contribution in [1.82, 2.24) is 0 Å². The average molecular weight is 192 g/mol. The number of benzene rings is 1. The van der Waals surface area contributed by atoms with Gasteiger partial charge in [-0.05, 0) is 18.6 Å². The van der Waals surface area contributed by atoms with Crippen LogP contribution in [-0.2, 0) is 4.74 Å². The second kappa shape index (κ2) is 3.88. The first-order valence-electron chi connectivity index (χ1n) is 4.93. The lowest BCUT2D eigenvalue weighted by atomic mass is 10.2. The predicted octanol–water partition coefficient (Wildman–Crippen LogP) is 1.49. The fourth-order valence-electron chi connectivity index (χ4n) is 1.91. The Bertz CT molecular complexity index is 314. The van der Waals surface area contributed by atoms with Crippen molar-refractivity contribution in [3.8, 4) is 0 Å². The quantitative estimate of drug-likeness (QED) is 0.721. The molecular weight excluding hydrogens is 176 g/mol. The molecule has 1 atom stereocenters. The van der Waals surface area contributed by atoms with Crippen LogP contribution in [0.3, 0.4) is 0 Å². The molecule has 3 nitrogen and oxygen atoms in total. The predicted molar refractivity (Wildman–Crippen MR) is 58.5 cm³/mol. The second-order valence-electron chi connectivity index (χ2n) is 3.65. The number of methoxy groups -OCH3 is 1. The van der Waals surface area contributed by atoms with E-state index in [4.69, 9.17) is 10.5 Å². The number of para-hydroxylation sites is 2. The number of anilines is 2. The van der Waals surface area contributed by atoms with Gasteiger partial charge < -0.3 is 15.4 Å². The number of ether oxygens (including phenoxy) is 1. The zero-order valence-corrected chi connectivity index (χ0v) is 8.44. The molecule has 0 unspecified atom stereocenters. The smallest absolute Gasteiger partial charge is 0.0762 e. The highest BCUT2D eigenvalue weighted by atomic mass is 16.5. The summed E-state index contributed by atoms with van der Waals surface area (Å²) in [5.74, 6) is 0. The number of rotatable bonds is 2. The van der Waals surface area contributed by atoms with Gasteiger partial charge in [-0.15, -0.1) is 0 Å². The highest BCUT2D eigenvalue weighted by molar-refractivity contribution is 5.67. The van der Waals surface area contributed by atoms with Gasteiger partial charge in [-0.25, -0.2) is 0 Å². The Kier molecular flexibility index (Phi) is 2.59. The van der Waals surface area contributed by atoms with Crippen LogP contribution in [0, 0.1) is 0 Å². The van der Waals surface area contributed by atoms with E-state index in [0.717, 1.165) is 30.9 Å². The maximum Gasteiger partial charge on any atom is 0.0762 e. The molecule has 2 N–H and O–H groups in total. The van der Waals surface area contributed by atoms with E-state index in [1.165, 1.54) is 0 Å². The molecule has 1 aromatic carbocycles. The molecular formula is C11H16N2O. The number of nitrogens with zero attached hydrogens (tertiary/aromatic N) is 1.